The van der Waals surface area contributed by atoms with E-state index in [9.17, 15) is 18.7 Å². The number of halogens is 2. The van der Waals surface area contributed by atoms with Crippen molar-refractivity contribution < 1.29 is 23.4 Å². The lowest BCUT2D eigenvalue weighted by atomic mass is 9.54. The van der Waals surface area contributed by atoms with E-state index >= 15 is 0 Å². The summed E-state index contributed by atoms with van der Waals surface area (Å²) in [6, 6.07) is 2.90. The van der Waals surface area contributed by atoms with Crippen LogP contribution in [-0.2, 0) is 16.0 Å². The van der Waals surface area contributed by atoms with Crippen LogP contribution in [-0.4, -0.2) is 30.3 Å². The zero-order valence-electron chi connectivity index (χ0n) is 13.9. The molecule has 0 radical (unpaired) electrons. The molecular formula is C19H22F2O3. The van der Waals surface area contributed by atoms with Crippen molar-refractivity contribution in [1.29, 1.82) is 0 Å². The smallest absolute Gasteiger partial charge is 0.173 e. The Kier molecular flexibility index (Phi) is 3.50. The van der Waals surface area contributed by atoms with Crippen LogP contribution >= 0.6 is 0 Å². The van der Waals surface area contributed by atoms with Gasteiger partial charge in [-0.3, -0.25) is 4.79 Å². The first-order chi connectivity index (χ1) is 11.4. The summed E-state index contributed by atoms with van der Waals surface area (Å²) >= 11 is 0. The lowest BCUT2D eigenvalue weighted by Gasteiger charge is -2.51. The summed E-state index contributed by atoms with van der Waals surface area (Å²) < 4.78 is 33.8. The molecule has 0 heterocycles. The number of aryl methyl sites for hydroxylation is 1. The number of aromatic hydroxyl groups is 1. The van der Waals surface area contributed by atoms with Gasteiger partial charge in [-0.05, 0) is 60.8 Å². The van der Waals surface area contributed by atoms with E-state index in [0.717, 1.165) is 17.5 Å². The highest BCUT2D eigenvalue weighted by atomic mass is 19.1. The molecule has 3 aliphatic carbocycles. The van der Waals surface area contributed by atoms with Gasteiger partial charge in [0.1, 0.15) is 0 Å². The summed E-state index contributed by atoms with van der Waals surface area (Å²) in [5, 5.41) is 9.65. The van der Waals surface area contributed by atoms with Crippen molar-refractivity contribution in [3.8, 4) is 5.75 Å². The number of ketones is 1. The number of methoxy groups -OCH3 is 1. The normalized spacial score (nSPS) is 40.8. The van der Waals surface area contributed by atoms with Crippen LogP contribution in [0.2, 0.25) is 0 Å². The van der Waals surface area contributed by atoms with Crippen LogP contribution < -0.4 is 0 Å². The van der Waals surface area contributed by atoms with Crippen LogP contribution in [0.25, 0.3) is 0 Å². The predicted octanol–water partition coefficient (Wildman–Crippen LogP) is 3.53. The first-order valence-electron chi connectivity index (χ1n) is 8.59. The van der Waals surface area contributed by atoms with Gasteiger partial charge >= 0.3 is 0 Å². The lowest BCUT2D eigenvalue weighted by Crippen LogP contribution is -2.49. The Balaban J connectivity index is 1.81. The van der Waals surface area contributed by atoms with E-state index in [-0.39, 0.29) is 41.8 Å². The van der Waals surface area contributed by atoms with Crippen LogP contribution in [0.3, 0.4) is 0 Å². The number of rotatable bonds is 1. The SMILES string of the molecule is CO[C@H]1C[C@]2(C)C(=O)[C@H](F)C[C@H]2[C@@H]2CCc3cc(O)c(F)cc3[C@H]21. The lowest BCUT2D eigenvalue weighted by molar-refractivity contribution is -0.137. The minimum absolute atomic E-state index is 0.0265. The minimum atomic E-state index is -1.39. The fraction of sp³-hybridized carbons (Fsp3) is 0.632. The van der Waals surface area contributed by atoms with Crippen LogP contribution in [0.4, 0.5) is 8.78 Å². The second-order valence-corrected chi connectivity index (χ2v) is 7.80. The molecular weight excluding hydrogens is 314 g/mol. The van der Waals surface area contributed by atoms with Gasteiger partial charge in [-0.25, -0.2) is 8.78 Å². The highest BCUT2D eigenvalue weighted by molar-refractivity contribution is 5.91. The number of Topliss-reactive ketones (excluding diaryl/α,β-unsaturated/α-hetero) is 1. The molecule has 1 aromatic rings. The number of benzene rings is 1. The Morgan fingerprint density at radius 2 is 2.12 bits per heavy atom. The molecule has 1 aromatic carbocycles. The van der Waals surface area contributed by atoms with Crippen molar-refractivity contribution in [2.45, 2.75) is 50.8 Å². The monoisotopic (exact) mass is 336 g/mol. The Morgan fingerprint density at radius 1 is 1.38 bits per heavy atom. The zero-order chi connectivity index (χ0) is 17.2. The minimum Gasteiger partial charge on any atom is -0.505 e. The Labute approximate surface area is 140 Å². The Bertz CT molecular complexity index is 704. The number of carbonyl (C=O) groups excluding carboxylic acids is 1. The molecule has 6 atom stereocenters. The number of alkyl halides is 1. The van der Waals surface area contributed by atoms with Crippen molar-refractivity contribution in [1.82, 2.24) is 0 Å². The highest BCUT2D eigenvalue weighted by Crippen LogP contribution is 2.60. The van der Waals surface area contributed by atoms with Crippen LogP contribution in [0.1, 0.15) is 43.2 Å². The van der Waals surface area contributed by atoms with Gasteiger partial charge < -0.3 is 9.84 Å². The summed E-state index contributed by atoms with van der Waals surface area (Å²) in [6.45, 7) is 1.87. The van der Waals surface area contributed by atoms with Crippen molar-refractivity contribution in [2.24, 2.45) is 17.3 Å². The topological polar surface area (TPSA) is 46.5 Å². The van der Waals surface area contributed by atoms with Gasteiger partial charge in [-0.15, -0.1) is 0 Å². The van der Waals surface area contributed by atoms with E-state index in [2.05, 4.69) is 0 Å². The summed E-state index contributed by atoms with van der Waals surface area (Å²) in [7, 11) is 1.60. The number of hydrogen-bond acceptors (Lipinski definition) is 3. The van der Waals surface area contributed by atoms with Gasteiger partial charge in [0.15, 0.2) is 23.5 Å². The predicted molar refractivity (Wildman–Crippen MR) is 84.1 cm³/mol. The number of ether oxygens (including phenoxy) is 1. The molecule has 5 heteroatoms. The molecule has 2 saturated carbocycles. The molecule has 24 heavy (non-hydrogen) atoms. The molecule has 0 spiro atoms. The van der Waals surface area contributed by atoms with Gasteiger partial charge in [-0.2, -0.15) is 0 Å². The highest BCUT2D eigenvalue weighted by Gasteiger charge is 2.61. The average molecular weight is 336 g/mol. The fourth-order valence-electron chi connectivity index (χ4n) is 5.61. The van der Waals surface area contributed by atoms with E-state index in [1.54, 1.807) is 7.11 Å². The number of fused-ring (bicyclic) bond motifs is 5. The van der Waals surface area contributed by atoms with Gasteiger partial charge in [-0.1, -0.05) is 6.92 Å². The van der Waals surface area contributed by atoms with Crippen LogP contribution in [0, 0.1) is 23.1 Å². The molecule has 3 aliphatic rings. The summed E-state index contributed by atoms with van der Waals surface area (Å²) in [5.41, 5.74) is 1.10. The summed E-state index contributed by atoms with van der Waals surface area (Å²) in [6.07, 6.45) is 0.614. The third kappa shape index (κ3) is 2.00. The van der Waals surface area contributed by atoms with E-state index < -0.39 is 17.4 Å². The fourth-order valence-corrected chi connectivity index (χ4v) is 5.61. The maximum atomic E-state index is 14.2. The molecule has 0 aromatic heterocycles. The van der Waals surface area contributed by atoms with Crippen molar-refractivity contribution in [2.75, 3.05) is 7.11 Å². The third-order valence-corrected chi connectivity index (χ3v) is 6.75. The molecule has 4 rings (SSSR count). The summed E-state index contributed by atoms with van der Waals surface area (Å²) in [5.74, 6) is -1.23. The number of hydrogen-bond donors (Lipinski definition) is 1. The van der Waals surface area contributed by atoms with E-state index in [1.807, 2.05) is 6.92 Å². The van der Waals surface area contributed by atoms with Gasteiger partial charge in [0, 0.05) is 18.4 Å². The number of phenolic OH excluding ortho intramolecular Hbond substituents is 1. The Hall–Kier alpha value is -1.49. The third-order valence-electron chi connectivity index (χ3n) is 6.75. The van der Waals surface area contributed by atoms with Crippen molar-refractivity contribution in [3.05, 3.63) is 29.1 Å². The molecule has 0 saturated heterocycles. The van der Waals surface area contributed by atoms with Gasteiger partial charge in [0.2, 0.25) is 0 Å². The molecule has 0 amide bonds. The van der Waals surface area contributed by atoms with Crippen LogP contribution in [0.5, 0.6) is 5.75 Å². The molecule has 130 valence electrons. The molecule has 0 bridgehead atoms. The maximum Gasteiger partial charge on any atom is 0.173 e. The second kappa shape index (κ2) is 5.25. The van der Waals surface area contributed by atoms with Crippen molar-refractivity contribution >= 4 is 5.78 Å². The molecule has 2 fully saturated rings. The first-order valence-corrected chi connectivity index (χ1v) is 8.59. The van der Waals surface area contributed by atoms with Crippen LogP contribution in [0.15, 0.2) is 12.1 Å². The maximum absolute atomic E-state index is 14.2. The quantitative estimate of drug-likeness (QED) is 0.853. The van der Waals surface area contributed by atoms with Gasteiger partial charge in [0.25, 0.3) is 0 Å². The molecule has 3 nitrogen and oxygen atoms in total. The molecule has 0 unspecified atom stereocenters. The zero-order valence-corrected chi connectivity index (χ0v) is 13.9. The van der Waals surface area contributed by atoms with E-state index in [0.29, 0.717) is 12.8 Å². The first kappa shape index (κ1) is 16.0. The van der Waals surface area contributed by atoms with E-state index in [4.69, 9.17) is 4.74 Å². The molecule has 1 N–H and O–H groups in total. The second-order valence-electron chi connectivity index (χ2n) is 7.80. The largest absolute Gasteiger partial charge is 0.505 e. The Morgan fingerprint density at radius 3 is 2.83 bits per heavy atom. The standard InChI is InChI=1S/C19H22F2O3/c1-19-8-16(24-2)17-10(12(19)7-14(21)18(19)23)4-3-9-5-15(22)13(20)6-11(9)17/h5-6,10,12,14,16-17,22H,3-4,7-8H2,1-2H3/t10-,12-,14+,16-,17-,19-/m0/s1. The van der Waals surface area contributed by atoms with E-state index in [1.165, 1.54) is 12.1 Å². The average Bonchev–Trinajstić information content (AvgIpc) is 2.78. The van der Waals surface area contributed by atoms with Gasteiger partial charge in [0.05, 0.1) is 6.10 Å². The number of phenols is 1. The summed E-state index contributed by atoms with van der Waals surface area (Å²) in [4.78, 5) is 12.4. The van der Waals surface area contributed by atoms with Crippen molar-refractivity contribution in [3.63, 3.8) is 0 Å². The number of carbonyl (C=O) groups is 1. The molecule has 0 aliphatic heterocycles.